The maximum atomic E-state index is 10.6. The summed E-state index contributed by atoms with van der Waals surface area (Å²) < 4.78 is 4.68. The van der Waals surface area contributed by atoms with E-state index < -0.39 is 5.97 Å². The summed E-state index contributed by atoms with van der Waals surface area (Å²) in [6.45, 7) is 4.11. The Bertz CT molecular complexity index is 197. The Balaban J connectivity index is 0. The van der Waals surface area contributed by atoms with Crippen LogP contribution in [-0.2, 0) is 14.3 Å². The fourth-order valence-electron chi connectivity index (χ4n) is 0.619. The van der Waals surface area contributed by atoms with Gasteiger partial charge in [0.2, 0.25) is 0 Å². The van der Waals surface area contributed by atoms with Crippen LogP contribution in [0.2, 0.25) is 0 Å². The molecule has 0 aromatic heterocycles. The van der Waals surface area contributed by atoms with Gasteiger partial charge in [-0.2, -0.15) is 0 Å². The van der Waals surface area contributed by atoms with Crippen LogP contribution >= 0.6 is 31.9 Å². The van der Waals surface area contributed by atoms with Crippen molar-refractivity contribution in [2.75, 3.05) is 11.9 Å². The Morgan fingerprint density at radius 3 is 2.19 bits per heavy atom. The molecule has 0 aromatic carbocycles. The quantitative estimate of drug-likeness (QED) is 0.583. The van der Waals surface area contributed by atoms with Crippen LogP contribution in [-0.4, -0.2) is 33.8 Å². The molecular formula is C10H18Br2O4. The highest BCUT2D eigenvalue weighted by Crippen LogP contribution is 2.02. The zero-order chi connectivity index (χ0) is 13.0. The second-order valence-corrected chi connectivity index (χ2v) is 4.71. The fraction of sp³-hybridized carbons (Fsp3) is 0.800. The lowest BCUT2D eigenvalue weighted by molar-refractivity contribution is -0.143. The summed E-state index contributed by atoms with van der Waals surface area (Å²) >= 11 is 6.16. The van der Waals surface area contributed by atoms with Gasteiger partial charge in [-0.05, 0) is 19.8 Å². The molecule has 1 atom stereocenters. The van der Waals surface area contributed by atoms with Crippen molar-refractivity contribution in [1.82, 2.24) is 0 Å². The van der Waals surface area contributed by atoms with Crippen molar-refractivity contribution in [1.29, 1.82) is 0 Å². The van der Waals surface area contributed by atoms with Gasteiger partial charge in [0.1, 0.15) is 4.83 Å². The molecule has 96 valence electrons. The third-order valence-electron chi connectivity index (χ3n) is 1.45. The Morgan fingerprint density at radius 1 is 1.38 bits per heavy atom. The number of esters is 1. The predicted molar refractivity (Wildman–Crippen MR) is 70.3 cm³/mol. The molecular weight excluding hydrogens is 344 g/mol. The molecule has 1 N–H and O–H groups in total. The van der Waals surface area contributed by atoms with E-state index in [-0.39, 0.29) is 10.8 Å². The highest BCUT2D eigenvalue weighted by atomic mass is 79.9. The van der Waals surface area contributed by atoms with E-state index in [4.69, 9.17) is 5.11 Å². The molecule has 1 unspecified atom stereocenters. The summed E-state index contributed by atoms with van der Waals surface area (Å²) in [5, 5.41) is 9.00. The van der Waals surface area contributed by atoms with Crippen LogP contribution in [0.3, 0.4) is 0 Å². The van der Waals surface area contributed by atoms with Gasteiger partial charge in [0.25, 0.3) is 0 Å². The van der Waals surface area contributed by atoms with Gasteiger partial charge in [-0.15, -0.1) is 0 Å². The molecule has 0 aliphatic rings. The van der Waals surface area contributed by atoms with E-state index in [2.05, 4.69) is 36.6 Å². The number of carbonyl (C=O) groups is 2. The molecule has 4 nitrogen and oxygen atoms in total. The zero-order valence-corrected chi connectivity index (χ0v) is 12.7. The monoisotopic (exact) mass is 360 g/mol. The lowest BCUT2D eigenvalue weighted by Crippen LogP contribution is -2.09. The largest absolute Gasteiger partial charge is 0.480 e. The van der Waals surface area contributed by atoms with Gasteiger partial charge in [-0.3, -0.25) is 9.59 Å². The normalized spacial score (nSPS) is 11.0. The molecule has 0 aromatic rings. The van der Waals surface area contributed by atoms with E-state index in [1.807, 2.05) is 13.8 Å². The SMILES string of the molecule is CCC(Br)C(=O)O.CCOC(=O)CCCBr. The van der Waals surface area contributed by atoms with E-state index in [1.165, 1.54) is 0 Å². The molecule has 0 spiro atoms. The minimum Gasteiger partial charge on any atom is -0.480 e. The molecule has 0 saturated carbocycles. The molecule has 0 fully saturated rings. The number of ether oxygens (including phenoxy) is 1. The minimum absolute atomic E-state index is 0.100. The van der Waals surface area contributed by atoms with Crippen LogP contribution in [0.25, 0.3) is 0 Å². The topological polar surface area (TPSA) is 63.6 Å². The molecule has 0 aliphatic heterocycles. The summed E-state index contributed by atoms with van der Waals surface area (Å²) in [4.78, 5) is 20.1. The van der Waals surface area contributed by atoms with Gasteiger partial charge < -0.3 is 9.84 Å². The summed E-state index contributed by atoms with van der Waals surface area (Å²) in [5.41, 5.74) is 0. The number of rotatable bonds is 6. The molecule has 0 aliphatic carbocycles. The maximum Gasteiger partial charge on any atom is 0.317 e. The van der Waals surface area contributed by atoms with Crippen LogP contribution < -0.4 is 0 Å². The first-order valence-electron chi connectivity index (χ1n) is 5.07. The standard InChI is InChI=1S/C6H11BrO2.C4H7BrO2/c1-2-9-6(8)4-3-5-7;1-2-3(5)4(6)7/h2-5H2,1H3;3H,2H2,1H3,(H,6,7). The number of hydrogen-bond donors (Lipinski definition) is 1. The van der Waals surface area contributed by atoms with Crippen molar-refractivity contribution >= 4 is 43.8 Å². The minimum atomic E-state index is -0.789. The fourth-order valence-corrected chi connectivity index (χ4v) is 0.899. The number of hydrogen-bond acceptors (Lipinski definition) is 3. The van der Waals surface area contributed by atoms with Crippen molar-refractivity contribution in [3.63, 3.8) is 0 Å². The molecule has 0 amide bonds. The van der Waals surface area contributed by atoms with E-state index >= 15 is 0 Å². The van der Waals surface area contributed by atoms with Crippen molar-refractivity contribution < 1.29 is 19.4 Å². The third kappa shape index (κ3) is 13.9. The van der Waals surface area contributed by atoms with Crippen molar-refractivity contribution in [3.05, 3.63) is 0 Å². The Labute approximate surface area is 113 Å². The van der Waals surface area contributed by atoms with Crippen LogP contribution in [0.15, 0.2) is 0 Å². The van der Waals surface area contributed by atoms with Crippen LogP contribution in [0, 0.1) is 0 Å². The number of carboxylic acid groups (broad SMARTS) is 1. The van der Waals surface area contributed by atoms with E-state index in [1.54, 1.807) is 0 Å². The number of halogens is 2. The van der Waals surface area contributed by atoms with Crippen LogP contribution in [0.1, 0.15) is 33.1 Å². The zero-order valence-electron chi connectivity index (χ0n) is 9.54. The van der Waals surface area contributed by atoms with E-state index in [0.717, 1.165) is 11.8 Å². The van der Waals surface area contributed by atoms with Crippen molar-refractivity contribution in [2.45, 2.75) is 37.9 Å². The van der Waals surface area contributed by atoms with Gasteiger partial charge in [0.05, 0.1) is 6.61 Å². The second-order valence-electron chi connectivity index (χ2n) is 2.81. The van der Waals surface area contributed by atoms with Gasteiger partial charge >= 0.3 is 11.9 Å². The summed E-state index contributed by atoms with van der Waals surface area (Å²) in [7, 11) is 0. The Hall–Kier alpha value is -0.100. The molecule has 0 radical (unpaired) electrons. The second kappa shape index (κ2) is 13.0. The highest BCUT2D eigenvalue weighted by molar-refractivity contribution is 9.10. The van der Waals surface area contributed by atoms with E-state index in [9.17, 15) is 9.59 Å². The number of aliphatic carboxylic acids is 1. The van der Waals surface area contributed by atoms with E-state index in [0.29, 0.717) is 19.4 Å². The number of alkyl halides is 2. The molecule has 0 rings (SSSR count). The predicted octanol–water partition coefficient (Wildman–Crippen LogP) is 2.97. The molecule has 0 heterocycles. The molecule has 0 saturated heterocycles. The molecule has 16 heavy (non-hydrogen) atoms. The summed E-state index contributed by atoms with van der Waals surface area (Å²) in [5.74, 6) is -0.889. The van der Waals surface area contributed by atoms with Gasteiger partial charge in [-0.25, -0.2) is 0 Å². The van der Waals surface area contributed by atoms with Crippen LogP contribution in [0.5, 0.6) is 0 Å². The summed E-state index contributed by atoms with van der Waals surface area (Å²) in [6, 6.07) is 0. The lowest BCUT2D eigenvalue weighted by Gasteiger charge is -1.97. The molecule has 0 bridgehead atoms. The average molecular weight is 362 g/mol. The highest BCUT2D eigenvalue weighted by Gasteiger charge is 2.07. The first kappa shape index (κ1) is 18.3. The van der Waals surface area contributed by atoms with Crippen LogP contribution in [0.4, 0.5) is 0 Å². The lowest BCUT2D eigenvalue weighted by atomic mass is 10.3. The average Bonchev–Trinajstić information content (AvgIpc) is 2.26. The smallest absolute Gasteiger partial charge is 0.317 e. The Morgan fingerprint density at radius 2 is 1.94 bits per heavy atom. The first-order chi connectivity index (χ1) is 7.49. The molecule has 6 heteroatoms. The Kier molecular flexibility index (Phi) is 14.8. The first-order valence-corrected chi connectivity index (χ1v) is 7.11. The maximum absolute atomic E-state index is 10.6. The van der Waals surface area contributed by atoms with Gasteiger partial charge in [-0.1, -0.05) is 38.8 Å². The van der Waals surface area contributed by atoms with Crippen molar-refractivity contribution in [2.24, 2.45) is 0 Å². The third-order valence-corrected chi connectivity index (χ3v) is 3.05. The number of carboxylic acids is 1. The van der Waals surface area contributed by atoms with Gasteiger partial charge in [0.15, 0.2) is 0 Å². The summed E-state index contributed by atoms with van der Waals surface area (Å²) in [6.07, 6.45) is 2.02. The van der Waals surface area contributed by atoms with Crippen molar-refractivity contribution in [3.8, 4) is 0 Å². The van der Waals surface area contributed by atoms with Gasteiger partial charge in [0, 0.05) is 11.8 Å². The number of carbonyl (C=O) groups excluding carboxylic acids is 1.